The first kappa shape index (κ1) is 20.6. The number of nitrogens with zero attached hydrogens (tertiary/aromatic N) is 6. The summed E-state index contributed by atoms with van der Waals surface area (Å²) in [5.41, 5.74) is 2.65. The molecule has 1 fully saturated rings. The van der Waals surface area contributed by atoms with Gasteiger partial charge in [-0.1, -0.05) is 0 Å². The van der Waals surface area contributed by atoms with E-state index in [9.17, 15) is 4.79 Å². The highest BCUT2D eigenvalue weighted by atomic mass is 35.5. The van der Waals surface area contributed by atoms with Gasteiger partial charge in [0.1, 0.15) is 11.6 Å². The van der Waals surface area contributed by atoms with Crippen LogP contribution in [-0.2, 0) is 13.1 Å². The average Bonchev–Trinajstić information content (AvgIpc) is 3.40. The third-order valence-electron chi connectivity index (χ3n) is 5.90. The van der Waals surface area contributed by atoms with Crippen molar-refractivity contribution in [2.75, 3.05) is 19.6 Å². The molecule has 0 radical (unpaired) electrons. The summed E-state index contributed by atoms with van der Waals surface area (Å²) in [4.78, 5) is 14.9. The van der Waals surface area contributed by atoms with Gasteiger partial charge in [0.25, 0.3) is 5.91 Å². The number of aryl methyl sites for hydroxylation is 1. The Bertz CT molecular complexity index is 1020. The molecule has 1 N–H and O–H groups in total. The first-order chi connectivity index (χ1) is 14.2. The zero-order chi connectivity index (χ0) is 19.8. The van der Waals surface area contributed by atoms with Crippen molar-refractivity contribution >= 4 is 18.3 Å². The molecule has 2 aliphatic rings. The van der Waals surface area contributed by atoms with Gasteiger partial charge in [0, 0.05) is 43.9 Å². The van der Waals surface area contributed by atoms with Crippen molar-refractivity contribution in [2.45, 2.75) is 38.8 Å². The molecule has 158 valence electrons. The summed E-state index contributed by atoms with van der Waals surface area (Å²) in [5.74, 6) is 2.59. The van der Waals surface area contributed by atoms with Crippen molar-refractivity contribution in [3.8, 4) is 5.69 Å². The number of aromatic nitrogens is 5. The highest BCUT2D eigenvalue weighted by Crippen LogP contribution is 2.28. The first-order valence-electron chi connectivity index (χ1n) is 10.2. The molecule has 1 aromatic carbocycles. The van der Waals surface area contributed by atoms with Crippen LogP contribution >= 0.6 is 12.4 Å². The number of carbonyl (C=O) groups excluding carboxylic acids is 1. The fourth-order valence-corrected chi connectivity index (χ4v) is 4.26. The highest BCUT2D eigenvalue weighted by Gasteiger charge is 2.29. The van der Waals surface area contributed by atoms with E-state index in [-0.39, 0.29) is 18.3 Å². The van der Waals surface area contributed by atoms with Crippen LogP contribution in [-0.4, -0.2) is 55.0 Å². The van der Waals surface area contributed by atoms with E-state index in [4.69, 9.17) is 0 Å². The molecule has 5 rings (SSSR count). The molecule has 1 amide bonds. The number of benzene rings is 1. The van der Waals surface area contributed by atoms with Gasteiger partial charge in [-0.15, -0.1) is 22.6 Å². The van der Waals surface area contributed by atoms with Gasteiger partial charge in [-0.25, -0.2) is 4.68 Å². The third kappa shape index (κ3) is 3.85. The van der Waals surface area contributed by atoms with Gasteiger partial charge in [0.15, 0.2) is 0 Å². The van der Waals surface area contributed by atoms with Crippen LogP contribution in [0.25, 0.3) is 5.69 Å². The summed E-state index contributed by atoms with van der Waals surface area (Å²) in [7, 11) is 0. The van der Waals surface area contributed by atoms with Crippen LogP contribution in [0.2, 0.25) is 0 Å². The number of hydrogen-bond acceptors (Lipinski definition) is 5. The Labute approximate surface area is 181 Å². The molecule has 3 aromatic rings. The number of rotatable bonds is 3. The van der Waals surface area contributed by atoms with Gasteiger partial charge >= 0.3 is 0 Å². The van der Waals surface area contributed by atoms with Gasteiger partial charge in [-0.3, -0.25) is 4.79 Å². The molecule has 9 heteroatoms. The minimum absolute atomic E-state index is 0. The summed E-state index contributed by atoms with van der Waals surface area (Å²) in [6, 6.07) is 9.64. The maximum absolute atomic E-state index is 12.9. The lowest BCUT2D eigenvalue weighted by Crippen LogP contribution is -2.38. The normalized spacial score (nSPS) is 16.8. The third-order valence-corrected chi connectivity index (χ3v) is 5.90. The number of likely N-dealkylation sites (tertiary alicyclic amines) is 1. The predicted octanol–water partition coefficient (Wildman–Crippen LogP) is 2.32. The molecular weight excluding hydrogens is 402 g/mol. The van der Waals surface area contributed by atoms with Crippen molar-refractivity contribution in [2.24, 2.45) is 0 Å². The smallest absolute Gasteiger partial charge is 0.253 e. The molecule has 1 saturated heterocycles. The van der Waals surface area contributed by atoms with E-state index in [0.29, 0.717) is 5.92 Å². The van der Waals surface area contributed by atoms with E-state index in [0.717, 1.165) is 74.2 Å². The molecule has 0 spiro atoms. The number of fused-ring (bicyclic) bond motifs is 1. The molecule has 0 unspecified atom stereocenters. The Morgan fingerprint density at radius 2 is 1.83 bits per heavy atom. The van der Waals surface area contributed by atoms with Crippen LogP contribution < -0.4 is 5.32 Å². The van der Waals surface area contributed by atoms with E-state index in [1.165, 1.54) is 0 Å². The minimum Gasteiger partial charge on any atom is -0.339 e. The van der Waals surface area contributed by atoms with Crippen molar-refractivity contribution in [3.63, 3.8) is 0 Å². The average molecular weight is 428 g/mol. The van der Waals surface area contributed by atoms with E-state index in [2.05, 4.69) is 25.2 Å². The number of piperidine rings is 1. The molecule has 30 heavy (non-hydrogen) atoms. The second kappa shape index (κ2) is 8.57. The van der Waals surface area contributed by atoms with E-state index >= 15 is 0 Å². The number of amides is 1. The first-order valence-corrected chi connectivity index (χ1v) is 10.2. The summed E-state index contributed by atoms with van der Waals surface area (Å²) < 4.78 is 4.08. The Morgan fingerprint density at radius 1 is 1.07 bits per heavy atom. The maximum atomic E-state index is 12.9. The largest absolute Gasteiger partial charge is 0.339 e. The zero-order valence-electron chi connectivity index (χ0n) is 17.0. The number of nitrogens with one attached hydrogen (secondary N) is 1. The van der Waals surface area contributed by atoms with E-state index in [1.54, 1.807) is 0 Å². The fraction of sp³-hybridized carbons (Fsp3) is 0.429. The lowest BCUT2D eigenvalue weighted by molar-refractivity contribution is 0.0710. The molecule has 4 heterocycles. The van der Waals surface area contributed by atoms with Crippen LogP contribution in [0.1, 0.15) is 46.5 Å². The fourth-order valence-electron chi connectivity index (χ4n) is 4.26. The molecule has 2 aromatic heterocycles. The van der Waals surface area contributed by atoms with E-state index < -0.39 is 0 Å². The second-order valence-corrected chi connectivity index (χ2v) is 7.82. The van der Waals surface area contributed by atoms with Gasteiger partial charge in [-0.2, -0.15) is 5.10 Å². The van der Waals surface area contributed by atoms with Crippen molar-refractivity contribution in [1.29, 1.82) is 0 Å². The monoisotopic (exact) mass is 427 g/mol. The highest BCUT2D eigenvalue weighted by molar-refractivity contribution is 5.94. The standard InChI is InChI=1S/C21H25N7O.ClH/c1-15-6-12-28(25-15)18-4-2-17(3-5-18)21(29)26-10-7-16(8-11-26)20-24-23-19-14-22-9-13-27(19)20;/h2-6,12,16,22H,7-11,13-14H2,1H3;1H. The predicted molar refractivity (Wildman–Crippen MR) is 115 cm³/mol. The second-order valence-electron chi connectivity index (χ2n) is 7.82. The quantitative estimate of drug-likeness (QED) is 0.693. The summed E-state index contributed by atoms with van der Waals surface area (Å²) in [5, 5.41) is 16.5. The summed E-state index contributed by atoms with van der Waals surface area (Å²) in [6.45, 7) is 6.15. The molecule has 0 saturated carbocycles. The van der Waals surface area contributed by atoms with Crippen LogP contribution in [0.4, 0.5) is 0 Å². The van der Waals surface area contributed by atoms with Crippen LogP contribution in [0.5, 0.6) is 0 Å². The Hall–Kier alpha value is -2.71. The Balaban J connectivity index is 0.00000218. The molecule has 0 aliphatic carbocycles. The van der Waals surface area contributed by atoms with Gasteiger partial charge in [0.2, 0.25) is 0 Å². The summed E-state index contributed by atoms with van der Waals surface area (Å²) in [6.07, 6.45) is 3.79. The van der Waals surface area contributed by atoms with Crippen molar-refractivity contribution in [3.05, 3.63) is 59.4 Å². The van der Waals surface area contributed by atoms with Gasteiger partial charge in [0.05, 0.1) is 17.9 Å². The lowest BCUT2D eigenvalue weighted by atomic mass is 9.95. The number of halogens is 1. The number of carbonyl (C=O) groups is 1. The van der Waals surface area contributed by atoms with E-state index in [1.807, 2.05) is 53.0 Å². The molecule has 0 atom stereocenters. The lowest BCUT2D eigenvalue weighted by Gasteiger charge is -2.32. The van der Waals surface area contributed by atoms with Crippen LogP contribution in [0.3, 0.4) is 0 Å². The number of hydrogen-bond donors (Lipinski definition) is 1. The Kier molecular flexibility index (Phi) is 5.87. The zero-order valence-corrected chi connectivity index (χ0v) is 17.8. The van der Waals surface area contributed by atoms with Crippen molar-refractivity contribution < 1.29 is 4.79 Å². The summed E-state index contributed by atoms with van der Waals surface area (Å²) >= 11 is 0. The molecular formula is C21H26ClN7O. The molecule has 8 nitrogen and oxygen atoms in total. The maximum Gasteiger partial charge on any atom is 0.253 e. The van der Waals surface area contributed by atoms with Gasteiger partial charge in [-0.05, 0) is 50.1 Å². The van der Waals surface area contributed by atoms with Crippen molar-refractivity contribution in [1.82, 2.24) is 34.8 Å². The van der Waals surface area contributed by atoms with Crippen LogP contribution in [0, 0.1) is 6.92 Å². The SMILES string of the molecule is Cc1ccn(-c2ccc(C(=O)N3CCC(c4nnc5n4CCNC5)CC3)cc2)n1.Cl. The molecule has 2 aliphatic heterocycles. The topological polar surface area (TPSA) is 80.9 Å². The van der Waals surface area contributed by atoms with Gasteiger partial charge < -0.3 is 14.8 Å². The van der Waals surface area contributed by atoms with Crippen LogP contribution in [0.15, 0.2) is 36.5 Å². The minimum atomic E-state index is 0. The molecule has 0 bridgehead atoms. The Morgan fingerprint density at radius 3 is 2.53 bits per heavy atom.